The lowest BCUT2D eigenvalue weighted by atomic mass is 9.82. The average Bonchev–Trinajstić information content (AvgIpc) is 2.54. The zero-order chi connectivity index (χ0) is 9.92. The van der Waals surface area contributed by atoms with Gasteiger partial charge in [-0.1, -0.05) is 0 Å². The molecule has 0 amide bonds. The Balaban J connectivity index is 1.94. The van der Waals surface area contributed by atoms with Crippen LogP contribution in [0.15, 0.2) is 0 Å². The Kier molecular flexibility index (Phi) is 1.26. The minimum atomic E-state index is -1.49. The first-order valence-electron chi connectivity index (χ1n) is 4.39. The van der Waals surface area contributed by atoms with Gasteiger partial charge in [-0.3, -0.25) is 0 Å². The van der Waals surface area contributed by atoms with E-state index in [-0.39, 0.29) is 12.8 Å². The molecule has 0 aromatic rings. The molecule has 6 nitrogen and oxygen atoms in total. The molecular weight excluding hydrogens is 192 g/mol. The summed E-state index contributed by atoms with van der Waals surface area (Å²) in [6, 6.07) is 0. The van der Waals surface area contributed by atoms with Crippen molar-refractivity contribution in [2.45, 2.75) is 36.8 Å². The molecule has 6 heteroatoms. The number of esters is 1. The van der Waals surface area contributed by atoms with Gasteiger partial charge in [0.15, 0.2) is 11.7 Å². The highest BCUT2D eigenvalue weighted by Gasteiger charge is 2.62. The summed E-state index contributed by atoms with van der Waals surface area (Å²) in [5.74, 6) is -0.642. The van der Waals surface area contributed by atoms with E-state index < -0.39 is 36.0 Å². The molecule has 3 fully saturated rings. The van der Waals surface area contributed by atoms with Crippen molar-refractivity contribution >= 4 is 12.1 Å². The minimum Gasteiger partial charge on any atom is -0.456 e. The topological polar surface area (TPSA) is 82.1 Å². The van der Waals surface area contributed by atoms with Crippen LogP contribution in [-0.2, 0) is 19.0 Å². The molecule has 1 aliphatic carbocycles. The second-order valence-corrected chi connectivity index (χ2v) is 3.87. The maximum atomic E-state index is 11.2. The number of hydrogen-bond donors (Lipinski definition) is 1. The zero-order valence-electron chi connectivity index (χ0n) is 7.13. The smallest absolute Gasteiger partial charge is 0.456 e. The third-order valence-corrected chi connectivity index (χ3v) is 2.93. The minimum absolute atomic E-state index is 0.0682. The van der Waals surface area contributed by atoms with Gasteiger partial charge >= 0.3 is 12.1 Å². The third kappa shape index (κ3) is 0.836. The van der Waals surface area contributed by atoms with Gasteiger partial charge < -0.3 is 19.3 Å². The van der Waals surface area contributed by atoms with Crippen LogP contribution in [0.2, 0.25) is 0 Å². The van der Waals surface area contributed by atoms with Crippen molar-refractivity contribution in [3.63, 3.8) is 0 Å². The number of carbonyl (C=O) groups excluding carboxylic acids is 2. The van der Waals surface area contributed by atoms with Crippen molar-refractivity contribution in [3.8, 4) is 0 Å². The molecule has 3 aliphatic rings. The molecule has 1 saturated carbocycles. The Morgan fingerprint density at radius 3 is 2.50 bits per heavy atom. The first kappa shape index (κ1) is 8.05. The molecule has 0 aromatic heterocycles. The van der Waals surface area contributed by atoms with E-state index in [9.17, 15) is 14.7 Å². The standard InChI is InChI=1S/C8H8O6/c9-6-8(11)1-3(12-6)5-4(2-8)13-7(10)14-5/h3-5,11H,1-2H2/t3-,4+,5-,8+/m1/s1. The van der Waals surface area contributed by atoms with Gasteiger partial charge in [-0.15, -0.1) is 0 Å². The van der Waals surface area contributed by atoms with Crippen LogP contribution in [-0.4, -0.2) is 41.1 Å². The van der Waals surface area contributed by atoms with E-state index >= 15 is 0 Å². The molecule has 1 N–H and O–H groups in total. The van der Waals surface area contributed by atoms with Gasteiger partial charge in [0.25, 0.3) is 0 Å². The Morgan fingerprint density at radius 1 is 1.14 bits per heavy atom. The predicted molar refractivity (Wildman–Crippen MR) is 39.2 cm³/mol. The van der Waals surface area contributed by atoms with Crippen LogP contribution in [0.3, 0.4) is 0 Å². The van der Waals surface area contributed by atoms with Crippen molar-refractivity contribution in [3.05, 3.63) is 0 Å². The molecule has 14 heavy (non-hydrogen) atoms. The molecule has 4 atom stereocenters. The summed E-state index contributed by atoms with van der Waals surface area (Å²) in [6.07, 6.45) is -2.17. The number of rotatable bonds is 0. The molecule has 2 bridgehead atoms. The molecule has 3 rings (SSSR count). The van der Waals surface area contributed by atoms with Gasteiger partial charge in [0.2, 0.25) is 0 Å². The van der Waals surface area contributed by atoms with Gasteiger partial charge in [-0.2, -0.15) is 0 Å². The van der Waals surface area contributed by atoms with E-state index in [2.05, 4.69) is 0 Å². The molecule has 2 heterocycles. The van der Waals surface area contributed by atoms with Gasteiger partial charge in [0.05, 0.1) is 0 Å². The Morgan fingerprint density at radius 2 is 1.79 bits per heavy atom. The number of carbonyl (C=O) groups is 2. The molecule has 2 aliphatic heterocycles. The lowest BCUT2D eigenvalue weighted by molar-refractivity contribution is -0.155. The van der Waals surface area contributed by atoms with Crippen LogP contribution in [0.25, 0.3) is 0 Å². The predicted octanol–water partition coefficient (Wildman–Crippen LogP) is -0.659. The molecule has 2 saturated heterocycles. The molecule has 0 spiro atoms. The fraction of sp³-hybridized carbons (Fsp3) is 0.750. The van der Waals surface area contributed by atoms with Crippen LogP contribution in [0.5, 0.6) is 0 Å². The normalized spacial score (nSPS) is 49.4. The molecule has 0 aromatic carbocycles. The SMILES string of the molecule is O=C1O[C@H]2[C@H](C[C@@]3(O)C[C@H]2OC3=O)O1. The van der Waals surface area contributed by atoms with Crippen LogP contribution in [0, 0.1) is 0 Å². The van der Waals surface area contributed by atoms with E-state index in [1.54, 1.807) is 0 Å². The van der Waals surface area contributed by atoms with Crippen LogP contribution < -0.4 is 0 Å². The summed E-state index contributed by atoms with van der Waals surface area (Å²) in [6.45, 7) is 0. The summed E-state index contributed by atoms with van der Waals surface area (Å²) < 4.78 is 14.5. The van der Waals surface area contributed by atoms with Crippen molar-refractivity contribution in [1.82, 2.24) is 0 Å². The number of fused-ring (bicyclic) bond motifs is 4. The maximum Gasteiger partial charge on any atom is 0.509 e. The van der Waals surface area contributed by atoms with Crippen LogP contribution >= 0.6 is 0 Å². The van der Waals surface area contributed by atoms with Crippen LogP contribution in [0.4, 0.5) is 4.79 Å². The zero-order valence-corrected chi connectivity index (χ0v) is 7.13. The molecule has 76 valence electrons. The molecular formula is C8H8O6. The fourth-order valence-corrected chi connectivity index (χ4v) is 2.27. The Labute approximate surface area is 78.7 Å². The highest BCUT2D eigenvalue weighted by atomic mass is 16.8. The van der Waals surface area contributed by atoms with E-state index in [0.29, 0.717) is 0 Å². The quantitative estimate of drug-likeness (QED) is 0.523. The first-order valence-corrected chi connectivity index (χ1v) is 4.39. The largest absolute Gasteiger partial charge is 0.509 e. The lowest BCUT2D eigenvalue weighted by Gasteiger charge is -2.28. The number of ether oxygens (including phenoxy) is 3. The van der Waals surface area contributed by atoms with Crippen molar-refractivity contribution in [2.24, 2.45) is 0 Å². The second-order valence-electron chi connectivity index (χ2n) is 3.87. The monoisotopic (exact) mass is 200 g/mol. The average molecular weight is 200 g/mol. The fourth-order valence-electron chi connectivity index (χ4n) is 2.27. The highest BCUT2D eigenvalue weighted by molar-refractivity contribution is 5.82. The summed E-state index contributed by atoms with van der Waals surface area (Å²) in [7, 11) is 0. The van der Waals surface area contributed by atoms with Gasteiger partial charge in [0, 0.05) is 12.8 Å². The van der Waals surface area contributed by atoms with Crippen molar-refractivity contribution < 1.29 is 28.9 Å². The van der Waals surface area contributed by atoms with Gasteiger partial charge in [-0.05, 0) is 0 Å². The van der Waals surface area contributed by atoms with E-state index in [1.165, 1.54) is 0 Å². The van der Waals surface area contributed by atoms with Gasteiger partial charge in [-0.25, -0.2) is 9.59 Å². The molecule has 0 unspecified atom stereocenters. The summed E-state index contributed by atoms with van der Waals surface area (Å²) >= 11 is 0. The summed E-state index contributed by atoms with van der Waals surface area (Å²) in [4.78, 5) is 22.0. The lowest BCUT2D eigenvalue weighted by Crippen LogP contribution is -2.47. The van der Waals surface area contributed by atoms with E-state index in [1.807, 2.05) is 0 Å². The van der Waals surface area contributed by atoms with Crippen molar-refractivity contribution in [1.29, 1.82) is 0 Å². The number of aliphatic hydroxyl groups is 1. The highest BCUT2D eigenvalue weighted by Crippen LogP contribution is 2.42. The van der Waals surface area contributed by atoms with E-state index in [0.717, 1.165) is 0 Å². The summed E-state index contributed by atoms with van der Waals surface area (Å²) in [5, 5.41) is 9.80. The first-order chi connectivity index (χ1) is 6.58. The third-order valence-electron chi connectivity index (χ3n) is 2.93. The van der Waals surface area contributed by atoms with E-state index in [4.69, 9.17) is 14.2 Å². The van der Waals surface area contributed by atoms with Crippen molar-refractivity contribution in [2.75, 3.05) is 0 Å². The van der Waals surface area contributed by atoms with Crippen LogP contribution in [0.1, 0.15) is 12.8 Å². The second kappa shape index (κ2) is 2.20. The Bertz CT molecular complexity index is 324. The maximum absolute atomic E-state index is 11.2. The summed E-state index contributed by atoms with van der Waals surface area (Å²) in [5.41, 5.74) is -1.49. The number of hydrogen-bond acceptors (Lipinski definition) is 6. The Hall–Kier alpha value is -1.30. The van der Waals surface area contributed by atoms with Gasteiger partial charge in [0.1, 0.15) is 12.2 Å². The molecule has 0 radical (unpaired) electrons.